The number of nitriles is 1. The van der Waals surface area contributed by atoms with Gasteiger partial charge in [0.2, 0.25) is 0 Å². The molecule has 1 aromatic carbocycles. The Kier molecular flexibility index (Phi) is 7.73. The zero-order chi connectivity index (χ0) is 27.8. The first-order valence-corrected chi connectivity index (χ1v) is 12.8. The molecule has 0 amide bonds. The van der Waals surface area contributed by atoms with Gasteiger partial charge in [-0.05, 0) is 51.3 Å². The van der Waals surface area contributed by atoms with Crippen LogP contribution in [0.2, 0.25) is 0 Å². The van der Waals surface area contributed by atoms with Crippen LogP contribution >= 0.6 is 11.3 Å². The molecule has 3 aromatic rings. The smallest absolute Gasteiger partial charge is 0.333 e. The van der Waals surface area contributed by atoms with Gasteiger partial charge in [-0.15, -0.1) is 11.3 Å². The summed E-state index contributed by atoms with van der Waals surface area (Å²) in [5, 5.41) is 19.6. The van der Waals surface area contributed by atoms with Crippen LogP contribution < -0.4 is 16.0 Å². The maximum Gasteiger partial charge on any atom is 0.333 e. The van der Waals surface area contributed by atoms with E-state index < -0.39 is 34.7 Å². The van der Waals surface area contributed by atoms with Gasteiger partial charge >= 0.3 is 11.7 Å². The minimum Gasteiger partial charge on any atom is -0.496 e. The molecule has 0 saturated carbocycles. The van der Waals surface area contributed by atoms with Gasteiger partial charge in [0, 0.05) is 24.8 Å². The highest BCUT2D eigenvalue weighted by molar-refractivity contribution is 7.19. The molecule has 0 bridgehead atoms. The summed E-state index contributed by atoms with van der Waals surface area (Å²) in [6, 6.07) is 6.03. The molecule has 38 heavy (non-hydrogen) atoms. The fraction of sp³-hybridized carbons (Fsp3) is 0.462. The van der Waals surface area contributed by atoms with E-state index in [2.05, 4.69) is 0 Å². The normalized spacial score (nSPS) is 15.4. The summed E-state index contributed by atoms with van der Waals surface area (Å²) in [5.74, 6) is -1.67. The van der Waals surface area contributed by atoms with Crippen LogP contribution in [0, 0.1) is 24.1 Å². The SMILES string of the molecule is COc1cc(F)ccc1C(Cn1c(=O)n(C(C)(C)C(=O)O)c(=O)c2c(C)c(C#N)sc21)OC1CCOCC1. The Morgan fingerprint density at radius 3 is 2.63 bits per heavy atom. The molecule has 10 nitrogen and oxygen atoms in total. The number of nitrogens with zero attached hydrogens (tertiary/aromatic N) is 3. The number of carboxylic acids is 1. The summed E-state index contributed by atoms with van der Waals surface area (Å²) in [7, 11) is 1.39. The largest absolute Gasteiger partial charge is 0.496 e. The van der Waals surface area contributed by atoms with Gasteiger partial charge in [-0.25, -0.2) is 18.5 Å². The van der Waals surface area contributed by atoms with E-state index in [1.165, 1.54) is 43.7 Å². The average molecular weight is 546 g/mol. The van der Waals surface area contributed by atoms with Crippen molar-refractivity contribution in [3.63, 3.8) is 0 Å². The van der Waals surface area contributed by atoms with E-state index in [-0.39, 0.29) is 33.5 Å². The van der Waals surface area contributed by atoms with E-state index in [0.29, 0.717) is 41.7 Å². The van der Waals surface area contributed by atoms with Gasteiger partial charge in [-0.1, -0.05) is 0 Å². The highest BCUT2D eigenvalue weighted by Crippen LogP contribution is 2.34. The summed E-state index contributed by atoms with van der Waals surface area (Å²) < 4.78 is 33.3. The van der Waals surface area contributed by atoms with Gasteiger partial charge in [0.25, 0.3) is 5.56 Å². The Bertz CT molecular complexity index is 1540. The molecule has 0 radical (unpaired) electrons. The third-order valence-corrected chi connectivity index (χ3v) is 8.03. The van der Waals surface area contributed by atoms with Crippen LogP contribution in [-0.2, 0) is 26.4 Å². The van der Waals surface area contributed by atoms with E-state index >= 15 is 0 Å². The lowest BCUT2D eigenvalue weighted by molar-refractivity contribution is -0.146. The first-order chi connectivity index (χ1) is 18.0. The fourth-order valence-corrected chi connectivity index (χ4v) is 5.68. The number of aliphatic carboxylic acids is 1. The second kappa shape index (κ2) is 10.7. The van der Waals surface area contributed by atoms with Crippen LogP contribution in [0.4, 0.5) is 4.39 Å². The zero-order valence-electron chi connectivity index (χ0n) is 21.4. The van der Waals surface area contributed by atoms with Crippen molar-refractivity contribution in [2.45, 2.75) is 57.9 Å². The molecule has 1 atom stereocenters. The third-order valence-electron chi connectivity index (χ3n) is 6.81. The van der Waals surface area contributed by atoms with Crippen molar-refractivity contribution in [1.82, 2.24) is 9.13 Å². The molecule has 1 saturated heterocycles. The van der Waals surface area contributed by atoms with Crippen LogP contribution in [0.3, 0.4) is 0 Å². The monoisotopic (exact) mass is 545 g/mol. The molecule has 4 rings (SSSR count). The van der Waals surface area contributed by atoms with Gasteiger partial charge in [0.05, 0.1) is 25.1 Å². The van der Waals surface area contributed by atoms with Crippen molar-refractivity contribution in [2.75, 3.05) is 20.3 Å². The number of carbonyl (C=O) groups is 1. The van der Waals surface area contributed by atoms with E-state index in [1.807, 2.05) is 6.07 Å². The molecule has 1 fully saturated rings. The number of fused-ring (bicyclic) bond motifs is 1. The van der Waals surface area contributed by atoms with Gasteiger partial charge in [0.1, 0.15) is 39.0 Å². The van der Waals surface area contributed by atoms with Crippen LogP contribution in [0.1, 0.15) is 48.8 Å². The van der Waals surface area contributed by atoms with Crippen LogP contribution in [0.15, 0.2) is 27.8 Å². The van der Waals surface area contributed by atoms with Crippen molar-refractivity contribution < 1.29 is 28.5 Å². The number of thiophene rings is 1. The predicted molar refractivity (Wildman–Crippen MR) is 137 cm³/mol. The Balaban J connectivity index is 1.98. The predicted octanol–water partition coefficient (Wildman–Crippen LogP) is 3.31. The van der Waals surface area contributed by atoms with Crippen molar-refractivity contribution in [2.24, 2.45) is 0 Å². The summed E-state index contributed by atoms with van der Waals surface area (Å²) in [5.41, 5.74) is -2.69. The summed E-state index contributed by atoms with van der Waals surface area (Å²) in [6.07, 6.45) is 0.149. The van der Waals surface area contributed by atoms with Gasteiger partial charge < -0.3 is 19.3 Å². The molecular formula is C26H28FN3O7S. The molecule has 3 heterocycles. The summed E-state index contributed by atoms with van der Waals surface area (Å²) >= 11 is 0.977. The van der Waals surface area contributed by atoms with Crippen molar-refractivity contribution in [1.29, 1.82) is 5.26 Å². The van der Waals surface area contributed by atoms with Crippen molar-refractivity contribution in [3.8, 4) is 11.8 Å². The number of carboxylic acid groups (broad SMARTS) is 1. The number of hydrogen-bond acceptors (Lipinski definition) is 8. The Labute approximate surface area is 221 Å². The van der Waals surface area contributed by atoms with Crippen molar-refractivity contribution in [3.05, 3.63) is 60.9 Å². The molecule has 1 unspecified atom stereocenters. The quantitative estimate of drug-likeness (QED) is 0.456. The molecule has 1 aliphatic rings. The maximum absolute atomic E-state index is 14.0. The zero-order valence-corrected chi connectivity index (χ0v) is 22.3. The van der Waals surface area contributed by atoms with Crippen LogP contribution in [-0.4, -0.2) is 46.6 Å². The number of benzene rings is 1. The van der Waals surface area contributed by atoms with E-state index in [1.54, 1.807) is 6.92 Å². The summed E-state index contributed by atoms with van der Waals surface area (Å²) in [6.45, 7) is 4.96. The molecule has 202 valence electrons. The lowest BCUT2D eigenvalue weighted by Crippen LogP contribution is -2.52. The lowest BCUT2D eigenvalue weighted by atomic mass is 10.0. The Morgan fingerprint density at radius 2 is 2.03 bits per heavy atom. The maximum atomic E-state index is 14.0. The van der Waals surface area contributed by atoms with E-state index in [9.17, 15) is 29.1 Å². The van der Waals surface area contributed by atoms with Crippen LogP contribution in [0.5, 0.6) is 5.75 Å². The first-order valence-electron chi connectivity index (χ1n) is 12.0. The first kappa shape index (κ1) is 27.5. The number of aryl methyl sites for hydroxylation is 1. The highest BCUT2D eigenvalue weighted by atomic mass is 32.1. The number of halogens is 1. The number of rotatable bonds is 8. The fourth-order valence-electron chi connectivity index (χ4n) is 4.58. The van der Waals surface area contributed by atoms with E-state index in [4.69, 9.17) is 14.2 Å². The number of hydrogen-bond donors (Lipinski definition) is 1. The molecule has 1 N–H and O–H groups in total. The molecule has 1 aliphatic heterocycles. The molecular weight excluding hydrogens is 517 g/mol. The molecule has 0 aliphatic carbocycles. The summed E-state index contributed by atoms with van der Waals surface area (Å²) in [4.78, 5) is 39.9. The van der Waals surface area contributed by atoms with Gasteiger partial charge in [0.15, 0.2) is 0 Å². The second-order valence-electron chi connectivity index (χ2n) is 9.57. The third kappa shape index (κ3) is 4.84. The van der Waals surface area contributed by atoms with Gasteiger partial charge in [-0.3, -0.25) is 9.36 Å². The van der Waals surface area contributed by atoms with Crippen LogP contribution in [0.25, 0.3) is 10.2 Å². The Hall–Kier alpha value is -3.53. The van der Waals surface area contributed by atoms with Gasteiger partial charge in [-0.2, -0.15) is 5.26 Å². The second-order valence-corrected chi connectivity index (χ2v) is 10.6. The Morgan fingerprint density at radius 1 is 1.34 bits per heavy atom. The minimum absolute atomic E-state index is 0.0939. The number of aromatic nitrogens is 2. The molecule has 0 spiro atoms. The number of methoxy groups -OCH3 is 1. The van der Waals surface area contributed by atoms with Crippen molar-refractivity contribution >= 4 is 27.5 Å². The average Bonchev–Trinajstić information content (AvgIpc) is 3.22. The molecule has 2 aromatic heterocycles. The minimum atomic E-state index is -1.88. The standard InChI is InChI=1S/C26H28FN3O7S/c1-14-20(12-28)38-23-21(14)22(31)30(26(2,3)24(32)33)25(34)29(23)13-19(37-16-7-9-36-10-8-16)17-6-5-15(27)11-18(17)35-4/h5-6,11,16,19H,7-10,13H2,1-4H3,(H,32,33). The van der Waals surface area contributed by atoms with E-state index in [0.717, 1.165) is 11.3 Å². The molecule has 12 heteroatoms. The number of ether oxygens (including phenoxy) is 3. The lowest BCUT2D eigenvalue weighted by Gasteiger charge is -2.30. The topological polar surface area (TPSA) is 133 Å². The highest BCUT2D eigenvalue weighted by Gasteiger charge is 2.36.